The van der Waals surface area contributed by atoms with Crippen LogP contribution in [0, 0.1) is 10.1 Å². The predicted molar refractivity (Wildman–Crippen MR) is 77.8 cm³/mol. The number of nitro benzene ring substituents is 1. The number of non-ortho nitro benzene ring substituents is 1. The number of carbonyl (C=O) groups excluding carboxylic acids is 1. The molecule has 0 aliphatic heterocycles. The molecule has 120 valence electrons. The van der Waals surface area contributed by atoms with Crippen LogP contribution in [-0.2, 0) is 7.05 Å². The van der Waals surface area contributed by atoms with Gasteiger partial charge in [-0.15, -0.1) is 0 Å². The van der Waals surface area contributed by atoms with Gasteiger partial charge in [0.25, 0.3) is 11.6 Å². The predicted octanol–water partition coefficient (Wildman–Crippen LogP) is 1.29. The minimum Gasteiger partial charge on any atom is -0.494 e. The van der Waals surface area contributed by atoms with E-state index < -0.39 is 16.8 Å². The zero-order valence-electron chi connectivity index (χ0n) is 12.1. The standard InChI is InChI=1S/C13H12N4O6/c1-16-6-8(13(19)20)11(15-16)12(18)14-9-4-3-7(17(21)22)5-10(9)23-2/h3-6H,1-2H3,(H,14,18)(H,19,20). The smallest absolute Gasteiger partial charge is 0.339 e. The van der Waals surface area contributed by atoms with Crippen LogP contribution in [-0.4, -0.2) is 38.8 Å². The molecule has 1 aromatic carbocycles. The second-order valence-corrected chi connectivity index (χ2v) is 4.47. The van der Waals surface area contributed by atoms with Crippen LogP contribution in [0.15, 0.2) is 24.4 Å². The maximum absolute atomic E-state index is 12.2. The number of hydrogen-bond donors (Lipinski definition) is 2. The number of carbonyl (C=O) groups is 2. The number of nitrogens with one attached hydrogen (secondary N) is 1. The van der Waals surface area contributed by atoms with Gasteiger partial charge in [-0.05, 0) is 6.07 Å². The average Bonchev–Trinajstić information content (AvgIpc) is 2.89. The molecule has 0 atom stereocenters. The quantitative estimate of drug-likeness (QED) is 0.625. The van der Waals surface area contributed by atoms with Crippen molar-refractivity contribution in [3.05, 3.63) is 45.8 Å². The SMILES string of the molecule is COc1cc([N+](=O)[O-])ccc1NC(=O)c1nn(C)cc1C(=O)O. The Hall–Kier alpha value is -3.43. The van der Waals surface area contributed by atoms with Gasteiger partial charge in [-0.2, -0.15) is 5.10 Å². The Morgan fingerprint density at radius 2 is 2.13 bits per heavy atom. The molecule has 1 amide bonds. The molecule has 2 aromatic rings. The summed E-state index contributed by atoms with van der Waals surface area (Å²) in [5, 5.41) is 26.0. The number of carboxylic acid groups (broad SMARTS) is 1. The topological polar surface area (TPSA) is 137 Å². The van der Waals surface area contributed by atoms with E-state index in [0.717, 1.165) is 6.07 Å². The van der Waals surface area contributed by atoms with E-state index in [1.54, 1.807) is 0 Å². The number of methoxy groups -OCH3 is 1. The summed E-state index contributed by atoms with van der Waals surface area (Å²) in [7, 11) is 2.77. The Balaban J connectivity index is 2.34. The van der Waals surface area contributed by atoms with Gasteiger partial charge in [-0.25, -0.2) is 4.79 Å². The molecule has 0 bridgehead atoms. The van der Waals surface area contributed by atoms with Gasteiger partial charge in [0, 0.05) is 19.3 Å². The van der Waals surface area contributed by atoms with Crippen LogP contribution in [0.4, 0.5) is 11.4 Å². The molecule has 10 heteroatoms. The molecule has 0 aliphatic carbocycles. The Morgan fingerprint density at radius 1 is 1.43 bits per heavy atom. The minimum absolute atomic E-state index is 0.0698. The molecular formula is C13H12N4O6. The number of nitro groups is 1. The highest BCUT2D eigenvalue weighted by molar-refractivity contribution is 6.09. The van der Waals surface area contributed by atoms with Gasteiger partial charge in [-0.3, -0.25) is 19.6 Å². The van der Waals surface area contributed by atoms with E-state index in [-0.39, 0.29) is 28.4 Å². The molecule has 0 spiro atoms. The van der Waals surface area contributed by atoms with Crippen LogP contribution in [0.5, 0.6) is 5.75 Å². The Kier molecular flexibility index (Phi) is 4.25. The van der Waals surface area contributed by atoms with Crippen molar-refractivity contribution in [1.82, 2.24) is 9.78 Å². The van der Waals surface area contributed by atoms with Gasteiger partial charge in [0.2, 0.25) is 0 Å². The first-order chi connectivity index (χ1) is 10.8. The number of carboxylic acids is 1. The molecule has 10 nitrogen and oxygen atoms in total. The lowest BCUT2D eigenvalue weighted by Crippen LogP contribution is -2.17. The van der Waals surface area contributed by atoms with Crippen molar-refractivity contribution in [3.8, 4) is 5.75 Å². The molecule has 0 saturated heterocycles. The second kappa shape index (κ2) is 6.13. The van der Waals surface area contributed by atoms with Crippen molar-refractivity contribution in [2.45, 2.75) is 0 Å². The van der Waals surface area contributed by atoms with Crippen LogP contribution in [0.2, 0.25) is 0 Å². The average molecular weight is 320 g/mol. The van der Waals surface area contributed by atoms with E-state index in [2.05, 4.69) is 10.4 Å². The Labute approximate surface area is 129 Å². The van der Waals surface area contributed by atoms with Crippen molar-refractivity contribution in [1.29, 1.82) is 0 Å². The number of ether oxygens (including phenoxy) is 1. The summed E-state index contributed by atoms with van der Waals surface area (Å²) >= 11 is 0. The number of benzene rings is 1. The summed E-state index contributed by atoms with van der Waals surface area (Å²) < 4.78 is 6.19. The molecule has 23 heavy (non-hydrogen) atoms. The zero-order valence-corrected chi connectivity index (χ0v) is 12.1. The number of aromatic nitrogens is 2. The highest BCUT2D eigenvalue weighted by Gasteiger charge is 2.22. The molecule has 2 rings (SSSR count). The highest BCUT2D eigenvalue weighted by atomic mass is 16.6. The van der Waals surface area contributed by atoms with Gasteiger partial charge < -0.3 is 15.2 Å². The van der Waals surface area contributed by atoms with Crippen molar-refractivity contribution in [2.75, 3.05) is 12.4 Å². The summed E-state index contributed by atoms with van der Waals surface area (Å²) in [6.45, 7) is 0. The van der Waals surface area contributed by atoms with Gasteiger partial charge in [0.1, 0.15) is 11.3 Å². The van der Waals surface area contributed by atoms with Crippen molar-refractivity contribution >= 4 is 23.3 Å². The maximum Gasteiger partial charge on any atom is 0.339 e. The van der Waals surface area contributed by atoms with E-state index in [4.69, 9.17) is 9.84 Å². The van der Waals surface area contributed by atoms with Crippen molar-refractivity contribution < 1.29 is 24.4 Å². The number of aryl methyl sites for hydroxylation is 1. The van der Waals surface area contributed by atoms with Crippen molar-refractivity contribution in [3.63, 3.8) is 0 Å². The van der Waals surface area contributed by atoms with E-state index in [1.165, 1.54) is 37.2 Å². The summed E-state index contributed by atoms with van der Waals surface area (Å²) in [4.78, 5) is 33.4. The van der Waals surface area contributed by atoms with Crippen LogP contribution in [0.25, 0.3) is 0 Å². The number of nitrogens with zero attached hydrogens (tertiary/aromatic N) is 3. The lowest BCUT2D eigenvalue weighted by molar-refractivity contribution is -0.384. The van der Waals surface area contributed by atoms with E-state index in [9.17, 15) is 19.7 Å². The maximum atomic E-state index is 12.2. The van der Waals surface area contributed by atoms with E-state index in [1.807, 2.05) is 0 Å². The van der Waals surface area contributed by atoms with Crippen LogP contribution >= 0.6 is 0 Å². The summed E-state index contributed by atoms with van der Waals surface area (Å²) in [6.07, 6.45) is 1.20. The fourth-order valence-corrected chi connectivity index (χ4v) is 1.89. The fourth-order valence-electron chi connectivity index (χ4n) is 1.89. The van der Waals surface area contributed by atoms with Crippen molar-refractivity contribution in [2.24, 2.45) is 7.05 Å². The Morgan fingerprint density at radius 3 is 2.70 bits per heavy atom. The number of hydrogen-bond acceptors (Lipinski definition) is 6. The third kappa shape index (κ3) is 3.26. The minimum atomic E-state index is -1.29. The lowest BCUT2D eigenvalue weighted by atomic mass is 10.2. The molecule has 1 heterocycles. The monoisotopic (exact) mass is 320 g/mol. The molecule has 0 saturated carbocycles. The number of aromatic carboxylic acids is 1. The van der Waals surface area contributed by atoms with Crippen LogP contribution in [0.1, 0.15) is 20.8 Å². The van der Waals surface area contributed by atoms with Crippen LogP contribution in [0.3, 0.4) is 0 Å². The van der Waals surface area contributed by atoms with E-state index >= 15 is 0 Å². The third-order valence-electron chi connectivity index (χ3n) is 2.92. The number of anilines is 1. The van der Waals surface area contributed by atoms with Crippen LogP contribution < -0.4 is 10.1 Å². The molecule has 0 fully saturated rings. The largest absolute Gasteiger partial charge is 0.494 e. The summed E-state index contributed by atoms with van der Waals surface area (Å²) in [5.41, 5.74) is -0.583. The lowest BCUT2D eigenvalue weighted by Gasteiger charge is -2.09. The molecule has 0 radical (unpaired) electrons. The number of amides is 1. The fraction of sp³-hybridized carbons (Fsp3) is 0.154. The van der Waals surface area contributed by atoms with Gasteiger partial charge in [0.05, 0.1) is 23.8 Å². The molecular weight excluding hydrogens is 308 g/mol. The Bertz CT molecular complexity index is 798. The molecule has 2 N–H and O–H groups in total. The zero-order chi connectivity index (χ0) is 17.1. The summed E-state index contributed by atoms with van der Waals surface area (Å²) in [6, 6.07) is 3.62. The highest BCUT2D eigenvalue weighted by Crippen LogP contribution is 2.29. The first kappa shape index (κ1) is 15.9. The van der Waals surface area contributed by atoms with Gasteiger partial charge in [-0.1, -0.05) is 0 Å². The van der Waals surface area contributed by atoms with Gasteiger partial charge in [0.15, 0.2) is 5.69 Å². The summed E-state index contributed by atoms with van der Waals surface area (Å²) in [5.74, 6) is -1.99. The first-order valence-electron chi connectivity index (χ1n) is 6.24. The second-order valence-electron chi connectivity index (χ2n) is 4.47. The normalized spacial score (nSPS) is 10.2. The molecule has 0 aliphatic rings. The first-order valence-corrected chi connectivity index (χ1v) is 6.24. The van der Waals surface area contributed by atoms with E-state index in [0.29, 0.717) is 0 Å². The molecule has 0 unspecified atom stereocenters. The third-order valence-corrected chi connectivity index (χ3v) is 2.92. The number of rotatable bonds is 5. The molecule has 1 aromatic heterocycles. The van der Waals surface area contributed by atoms with Gasteiger partial charge >= 0.3 is 5.97 Å².